The van der Waals surface area contributed by atoms with Gasteiger partial charge in [-0.05, 0) is 54.6 Å². The number of benzene rings is 2. The lowest BCUT2D eigenvalue weighted by Crippen LogP contribution is -2.22. The molecule has 6 nitrogen and oxygen atoms in total. The Morgan fingerprint density at radius 3 is 2.73 bits per heavy atom. The summed E-state index contributed by atoms with van der Waals surface area (Å²) in [7, 11) is 0. The minimum absolute atomic E-state index is 0.227. The number of carboxylic acid groups (broad SMARTS) is 1. The average molecular weight is 368 g/mol. The van der Waals surface area contributed by atoms with Gasteiger partial charge in [0, 0.05) is 0 Å². The maximum atomic E-state index is 12.1. The zero-order valence-electron chi connectivity index (χ0n) is 13.9. The van der Waals surface area contributed by atoms with E-state index in [1.54, 1.807) is 24.3 Å². The van der Waals surface area contributed by atoms with Crippen LogP contribution in [0.1, 0.15) is 12.5 Å². The van der Waals surface area contributed by atoms with Gasteiger partial charge in [-0.25, -0.2) is 9.79 Å². The van der Waals surface area contributed by atoms with Crippen LogP contribution in [0.2, 0.25) is 0 Å². The van der Waals surface area contributed by atoms with Crippen molar-refractivity contribution >= 4 is 40.6 Å². The van der Waals surface area contributed by atoms with Crippen LogP contribution in [0.5, 0.6) is 5.75 Å². The molecule has 1 aliphatic rings. The van der Waals surface area contributed by atoms with E-state index in [-0.39, 0.29) is 5.91 Å². The zero-order valence-corrected chi connectivity index (χ0v) is 14.7. The van der Waals surface area contributed by atoms with Gasteiger partial charge in [-0.15, -0.1) is 0 Å². The molecular formula is C19H16N2O4S. The van der Waals surface area contributed by atoms with Crippen LogP contribution in [-0.4, -0.2) is 28.3 Å². The van der Waals surface area contributed by atoms with Crippen molar-refractivity contribution in [3.63, 3.8) is 0 Å². The number of aliphatic imine (C=N–C) groups is 1. The number of nitrogens with zero attached hydrogens (tertiary/aromatic N) is 1. The number of carboxylic acids is 1. The lowest BCUT2D eigenvalue weighted by atomic mass is 10.2. The van der Waals surface area contributed by atoms with Crippen LogP contribution in [-0.2, 0) is 9.59 Å². The summed E-state index contributed by atoms with van der Waals surface area (Å²) in [6.07, 6.45) is 0.762. The Balaban J connectivity index is 1.77. The maximum absolute atomic E-state index is 12.1. The Labute approximate surface area is 154 Å². The third-order valence-corrected chi connectivity index (χ3v) is 4.36. The fraction of sp³-hybridized carbons (Fsp3) is 0.105. The molecule has 3 rings (SSSR count). The van der Waals surface area contributed by atoms with Gasteiger partial charge in [0.2, 0.25) is 0 Å². The summed E-state index contributed by atoms with van der Waals surface area (Å²) in [5, 5.41) is 12.2. The van der Waals surface area contributed by atoms with Crippen molar-refractivity contribution in [3.8, 4) is 5.75 Å². The van der Waals surface area contributed by atoms with Gasteiger partial charge in [-0.2, -0.15) is 0 Å². The lowest BCUT2D eigenvalue weighted by molar-refractivity contribution is -0.144. The van der Waals surface area contributed by atoms with Gasteiger partial charge in [0.15, 0.2) is 11.3 Å². The molecular weight excluding hydrogens is 352 g/mol. The standard InChI is InChI=1S/C19H16N2O4S/c1-12(18(23)24)25-15-9-5-6-13(10-15)11-16-17(22)21-19(26-16)20-14-7-3-2-4-8-14/h2-12H,1H3,(H,23,24)(H,20,21,22)/b16-11+. The molecule has 0 saturated carbocycles. The molecule has 0 spiro atoms. The minimum Gasteiger partial charge on any atom is -0.479 e. The predicted molar refractivity (Wildman–Crippen MR) is 101 cm³/mol. The quantitative estimate of drug-likeness (QED) is 0.790. The second-order valence-corrected chi connectivity index (χ2v) is 6.52. The van der Waals surface area contributed by atoms with Gasteiger partial charge in [-0.3, -0.25) is 4.79 Å². The summed E-state index contributed by atoms with van der Waals surface area (Å²) >= 11 is 1.25. The molecule has 7 heteroatoms. The second kappa shape index (κ2) is 7.88. The van der Waals surface area contributed by atoms with Gasteiger partial charge in [-0.1, -0.05) is 30.3 Å². The molecule has 0 aliphatic carbocycles. The highest BCUT2D eigenvalue weighted by atomic mass is 32.2. The summed E-state index contributed by atoms with van der Waals surface area (Å²) in [6.45, 7) is 1.46. The molecule has 0 aromatic heterocycles. The predicted octanol–water partition coefficient (Wildman–Crippen LogP) is 3.43. The monoisotopic (exact) mass is 368 g/mol. The molecule has 26 heavy (non-hydrogen) atoms. The number of thioether (sulfide) groups is 1. The smallest absolute Gasteiger partial charge is 0.344 e. The molecule has 1 unspecified atom stereocenters. The largest absolute Gasteiger partial charge is 0.479 e. The number of hydrogen-bond acceptors (Lipinski definition) is 5. The SMILES string of the molecule is CC(Oc1cccc(/C=C2/SC(=Nc3ccccc3)NC2=O)c1)C(=O)O. The number of amides is 1. The summed E-state index contributed by atoms with van der Waals surface area (Å²) in [4.78, 5) is 27.9. The molecule has 0 bridgehead atoms. The Hall–Kier alpha value is -3.06. The maximum Gasteiger partial charge on any atom is 0.344 e. The number of nitrogens with one attached hydrogen (secondary N) is 1. The highest BCUT2D eigenvalue weighted by Gasteiger charge is 2.23. The van der Waals surface area contributed by atoms with Crippen molar-refractivity contribution in [2.45, 2.75) is 13.0 Å². The molecule has 0 radical (unpaired) electrons. The fourth-order valence-corrected chi connectivity index (χ4v) is 3.03. The topological polar surface area (TPSA) is 88.0 Å². The van der Waals surface area contributed by atoms with E-state index in [2.05, 4.69) is 10.3 Å². The minimum atomic E-state index is -1.04. The highest BCUT2D eigenvalue weighted by Crippen LogP contribution is 2.28. The molecule has 132 valence electrons. The van der Waals surface area contributed by atoms with E-state index >= 15 is 0 Å². The first-order valence-corrected chi connectivity index (χ1v) is 8.67. The van der Waals surface area contributed by atoms with Crippen LogP contribution in [0.25, 0.3) is 6.08 Å². The van der Waals surface area contributed by atoms with E-state index in [1.165, 1.54) is 18.7 Å². The molecule has 1 heterocycles. The van der Waals surface area contributed by atoms with E-state index in [9.17, 15) is 9.59 Å². The first-order valence-electron chi connectivity index (χ1n) is 7.85. The number of rotatable bonds is 5. The molecule has 1 fully saturated rings. The van der Waals surface area contributed by atoms with Crippen molar-refractivity contribution in [2.75, 3.05) is 0 Å². The van der Waals surface area contributed by atoms with Crippen molar-refractivity contribution < 1.29 is 19.4 Å². The number of hydrogen-bond donors (Lipinski definition) is 2. The number of amidine groups is 1. The van der Waals surface area contributed by atoms with Gasteiger partial charge >= 0.3 is 5.97 Å². The van der Waals surface area contributed by atoms with E-state index < -0.39 is 12.1 Å². The molecule has 1 atom stereocenters. The number of aliphatic carboxylic acids is 1. The first kappa shape index (κ1) is 17.8. The van der Waals surface area contributed by atoms with E-state index in [1.807, 2.05) is 36.4 Å². The Bertz CT molecular complexity index is 893. The van der Waals surface area contributed by atoms with Gasteiger partial charge < -0.3 is 15.2 Å². The fourth-order valence-electron chi connectivity index (χ4n) is 2.18. The molecule has 2 N–H and O–H groups in total. The molecule has 1 aliphatic heterocycles. The van der Waals surface area contributed by atoms with Gasteiger partial charge in [0.1, 0.15) is 5.75 Å². The van der Waals surface area contributed by atoms with E-state index in [0.717, 1.165) is 11.3 Å². The third kappa shape index (κ3) is 4.52. The van der Waals surface area contributed by atoms with E-state index in [4.69, 9.17) is 9.84 Å². The van der Waals surface area contributed by atoms with Crippen LogP contribution in [0.3, 0.4) is 0 Å². The second-order valence-electron chi connectivity index (χ2n) is 5.49. The van der Waals surface area contributed by atoms with Gasteiger partial charge in [0.05, 0.1) is 10.6 Å². The van der Waals surface area contributed by atoms with Crippen molar-refractivity contribution in [3.05, 3.63) is 65.1 Å². The van der Waals surface area contributed by atoms with Crippen LogP contribution in [0.4, 0.5) is 5.69 Å². The molecule has 1 amide bonds. The molecule has 2 aromatic carbocycles. The van der Waals surface area contributed by atoms with Crippen LogP contribution in [0, 0.1) is 0 Å². The highest BCUT2D eigenvalue weighted by molar-refractivity contribution is 8.18. The number of para-hydroxylation sites is 1. The van der Waals surface area contributed by atoms with Crippen molar-refractivity contribution in [2.24, 2.45) is 4.99 Å². The first-order chi connectivity index (χ1) is 12.5. The number of carbonyl (C=O) groups excluding carboxylic acids is 1. The van der Waals surface area contributed by atoms with Crippen LogP contribution >= 0.6 is 11.8 Å². The Kier molecular flexibility index (Phi) is 5.38. The lowest BCUT2D eigenvalue weighted by Gasteiger charge is -2.10. The molecule has 2 aromatic rings. The summed E-state index contributed by atoms with van der Waals surface area (Å²) in [5.41, 5.74) is 1.49. The Morgan fingerprint density at radius 1 is 1.23 bits per heavy atom. The van der Waals surface area contributed by atoms with Gasteiger partial charge in [0.25, 0.3) is 5.91 Å². The van der Waals surface area contributed by atoms with Crippen molar-refractivity contribution in [1.82, 2.24) is 5.32 Å². The van der Waals surface area contributed by atoms with Crippen LogP contribution in [0.15, 0.2) is 64.5 Å². The number of carbonyl (C=O) groups is 2. The zero-order chi connectivity index (χ0) is 18.5. The summed E-state index contributed by atoms with van der Waals surface area (Å²) in [6, 6.07) is 16.3. The number of ether oxygens (including phenoxy) is 1. The molecule has 1 saturated heterocycles. The normalized spacial score (nSPS) is 18.0. The summed E-state index contributed by atoms with van der Waals surface area (Å²) in [5.74, 6) is -0.841. The average Bonchev–Trinajstić information content (AvgIpc) is 2.95. The van der Waals surface area contributed by atoms with Crippen molar-refractivity contribution in [1.29, 1.82) is 0 Å². The van der Waals surface area contributed by atoms with Crippen LogP contribution < -0.4 is 10.1 Å². The van der Waals surface area contributed by atoms with E-state index in [0.29, 0.717) is 15.8 Å². The Morgan fingerprint density at radius 2 is 2.00 bits per heavy atom. The third-order valence-electron chi connectivity index (χ3n) is 3.45. The summed E-state index contributed by atoms with van der Waals surface area (Å²) < 4.78 is 5.35.